The van der Waals surface area contributed by atoms with Crippen molar-refractivity contribution in [1.82, 2.24) is 4.57 Å². The van der Waals surface area contributed by atoms with E-state index in [0.717, 1.165) is 12.1 Å². The van der Waals surface area contributed by atoms with Crippen molar-refractivity contribution in [3.63, 3.8) is 0 Å². The van der Waals surface area contributed by atoms with Crippen molar-refractivity contribution in [3.05, 3.63) is 92.6 Å². The van der Waals surface area contributed by atoms with Crippen LogP contribution in [0.4, 0.5) is 17.6 Å². The van der Waals surface area contributed by atoms with E-state index in [-0.39, 0.29) is 28.3 Å². The summed E-state index contributed by atoms with van der Waals surface area (Å²) >= 11 is 0. The third kappa shape index (κ3) is 4.80. The van der Waals surface area contributed by atoms with Crippen LogP contribution in [0.25, 0.3) is 11.1 Å². The zero-order valence-corrected chi connectivity index (χ0v) is 20.0. The largest absolute Gasteiger partial charge is 0.417 e. The van der Waals surface area contributed by atoms with Crippen LogP contribution in [0.5, 0.6) is 0 Å². The second-order valence-corrected chi connectivity index (χ2v) is 10.8. The number of halogens is 4. The molecule has 0 bridgehead atoms. The number of rotatable bonds is 4. The lowest BCUT2D eigenvalue weighted by atomic mass is 9.89. The zero-order chi connectivity index (χ0) is 25.7. The van der Waals surface area contributed by atoms with Crippen LogP contribution in [0.2, 0.25) is 0 Å². The second-order valence-electron chi connectivity index (χ2n) is 8.49. The lowest BCUT2D eigenvalue weighted by molar-refractivity contribution is -0.137. The number of sulfone groups is 1. The number of aromatic nitrogens is 1. The number of aliphatic imine (C=N–C) groups is 1. The minimum absolute atomic E-state index is 0.0176. The van der Waals surface area contributed by atoms with Gasteiger partial charge in [-0.2, -0.15) is 13.2 Å². The molecule has 0 fully saturated rings. The summed E-state index contributed by atoms with van der Waals surface area (Å²) in [6.07, 6.45) is -3.27. The number of aryl methyl sites for hydroxylation is 1. The van der Waals surface area contributed by atoms with Crippen molar-refractivity contribution in [3.8, 4) is 11.1 Å². The summed E-state index contributed by atoms with van der Waals surface area (Å²) in [6, 6.07) is 7.76. The first kappa shape index (κ1) is 24.8. The number of hydrogen-bond donors (Lipinski definition) is 0. The summed E-state index contributed by atoms with van der Waals surface area (Å²) in [5, 5.41) is 0. The number of alkyl halides is 3. The van der Waals surface area contributed by atoms with Crippen molar-refractivity contribution in [1.29, 1.82) is 0 Å². The minimum Gasteiger partial charge on any atom is -0.318 e. The average molecular weight is 507 g/mol. The van der Waals surface area contributed by atoms with Crippen molar-refractivity contribution in [2.75, 3.05) is 5.75 Å². The predicted octanol–water partition coefficient (Wildman–Crippen LogP) is 5.06. The number of nitrogens with zero attached hydrogens (tertiary/aromatic N) is 2. The van der Waals surface area contributed by atoms with E-state index in [1.54, 1.807) is 26.2 Å². The molecule has 0 spiro atoms. The molecule has 0 saturated carbocycles. The van der Waals surface area contributed by atoms with Crippen molar-refractivity contribution in [2.24, 2.45) is 12.0 Å². The topological polar surface area (TPSA) is 68.5 Å². The van der Waals surface area contributed by atoms with Crippen molar-refractivity contribution >= 4 is 15.5 Å². The van der Waals surface area contributed by atoms with Gasteiger partial charge in [0.1, 0.15) is 5.82 Å². The van der Waals surface area contributed by atoms with Crippen LogP contribution in [0, 0.1) is 5.82 Å². The Hall–Kier alpha value is -3.27. The van der Waals surface area contributed by atoms with E-state index in [4.69, 9.17) is 0 Å². The first-order valence-electron chi connectivity index (χ1n) is 10.8. The van der Waals surface area contributed by atoms with E-state index >= 15 is 0 Å². The van der Waals surface area contributed by atoms with Crippen molar-refractivity contribution < 1.29 is 26.0 Å². The standard InChI is InChI=1S/C25H22F4N2O3S/c1-4-35(33,34)13-15-5-7-17-20(9-15)21-12-31(3)23(32)11-19(21)14(2)30-24(17)18-8-6-16(26)10-22(18)25(27,28)29/h5-12,14H,4,13H2,1-3H3/t14-/m0/s1. The van der Waals surface area contributed by atoms with Crippen LogP contribution >= 0.6 is 0 Å². The van der Waals surface area contributed by atoms with Crippen LogP contribution in [0.1, 0.15) is 47.7 Å². The van der Waals surface area contributed by atoms with Gasteiger partial charge >= 0.3 is 6.18 Å². The summed E-state index contributed by atoms with van der Waals surface area (Å²) in [6.45, 7) is 3.19. The molecule has 1 aliphatic heterocycles. The molecule has 2 aromatic carbocycles. The van der Waals surface area contributed by atoms with Crippen molar-refractivity contribution in [2.45, 2.75) is 31.8 Å². The van der Waals surface area contributed by atoms with Gasteiger partial charge in [-0.05, 0) is 47.9 Å². The van der Waals surface area contributed by atoms with Gasteiger partial charge in [0.2, 0.25) is 0 Å². The average Bonchev–Trinajstić information content (AvgIpc) is 2.88. The van der Waals surface area contributed by atoms with E-state index in [1.165, 1.54) is 29.7 Å². The molecule has 10 heteroatoms. The molecular weight excluding hydrogens is 484 g/mol. The van der Waals surface area contributed by atoms with Gasteiger partial charge in [0.25, 0.3) is 5.56 Å². The smallest absolute Gasteiger partial charge is 0.318 e. The van der Waals surface area contributed by atoms with E-state index in [0.29, 0.717) is 33.9 Å². The highest BCUT2D eigenvalue weighted by Gasteiger charge is 2.36. The molecule has 184 valence electrons. The molecule has 0 saturated heterocycles. The highest BCUT2D eigenvalue weighted by Crippen LogP contribution is 2.40. The van der Waals surface area contributed by atoms with Crippen LogP contribution in [0.3, 0.4) is 0 Å². The second kappa shape index (κ2) is 8.75. The monoisotopic (exact) mass is 506 g/mol. The molecule has 3 aromatic rings. The summed E-state index contributed by atoms with van der Waals surface area (Å²) in [5.41, 5.74) is 0.455. The van der Waals surface area contributed by atoms with Crippen LogP contribution in [-0.2, 0) is 28.8 Å². The minimum atomic E-state index is -4.84. The lowest BCUT2D eigenvalue weighted by Crippen LogP contribution is -2.17. The van der Waals surface area contributed by atoms with Gasteiger partial charge in [-0.1, -0.05) is 19.1 Å². The maximum absolute atomic E-state index is 13.9. The van der Waals surface area contributed by atoms with Crippen LogP contribution < -0.4 is 5.56 Å². The third-order valence-electron chi connectivity index (χ3n) is 6.03. The molecule has 0 radical (unpaired) electrons. The molecule has 35 heavy (non-hydrogen) atoms. The van der Waals surface area contributed by atoms with Gasteiger partial charge < -0.3 is 4.57 Å². The van der Waals surface area contributed by atoms with Gasteiger partial charge in [0.05, 0.1) is 23.1 Å². The Morgan fingerprint density at radius 2 is 1.69 bits per heavy atom. The first-order chi connectivity index (χ1) is 16.3. The van der Waals surface area contributed by atoms with Gasteiger partial charge in [-0.25, -0.2) is 12.8 Å². The molecule has 1 aliphatic rings. The fourth-order valence-electron chi connectivity index (χ4n) is 4.19. The molecule has 2 heterocycles. The van der Waals surface area contributed by atoms with E-state index in [9.17, 15) is 30.8 Å². The Morgan fingerprint density at radius 1 is 1.00 bits per heavy atom. The van der Waals surface area contributed by atoms with E-state index in [1.807, 2.05) is 0 Å². The molecule has 4 rings (SSSR count). The molecule has 5 nitrogen and oxygen atoms in total. The molecular formula is C25H22F4N2O3S. The SMILES string of the molecule is CCS(=O)(=O)Cc1ccc2c(c1)-c1cn(C)c(=O)cc1[C@H](C)N=C2c1ccc(F)cc1C(F)(F)F. The normalized spacial score (nSPS) is 15.7. The highest BCUT2D eigenvalue weighted by molar-refractivity contribution is 7.90. The van der Waals surface area contributed by atoms with Gasteiger partial charge in [-0.15, -0.1) is 0 Å². The fourth-order valence-corrected chi connectivity index (χ4v) is 5.08. The first-order valence-corrected chi connectivity index (χ1v) is 12.6. The Bertz CT molecular complexity index is 1520. The molecule has 1 aromatic heterocycles. The zero-order valence-electron chi connectivity index (χ0n) is 19.1. The Balaban J connectivity index is 2.06. The maximum atomic E-state index is 13.9. The third-order valence-corrected chi connectivity index (χ3v) is 7.68. The number of pyridine rings is 1. The van der Waals surface area contributed by atoms with Gasteiger partial charge in [0, 0.05) is 41.8 Å². The molecule has 0 N–H and O–H groups in total. The number of benzene rings is 2. The Kier molecular flexibility index (Phi) is 6.21. The summed E-state index contributed by atoms with van der Waals surface area (Å²) in [5.74, 6) is -1.34. The Labute approximate surface area is 199 Å². The van der Waals surface area contributed by atoms with Gasteiger partial charge in [0.15, 0.2) is 9.84 Å². The quantitative estimate of drug-likeness (QED) is 0.465. The lowest BCUT2D eigenvalue weighted by Gasteiger charge is -2.17. The predicted molar refractivity (Wildman–Crippen MR) is 126 cm³/mol. The summed E-state index contributed by atoms with van der Waals surface area (Å²) < 4.78 is 81.3. The Morgan fingerprint density at radius 3 is 2.34 bits per heavy atom. The van der Waals surface area contributed by atoms with Crippen LogP contribution in [-0.4, -0.2) is 24.4 Å². The summed E-state index contributed by atoms with van der Waals surface area (Å²) in [4.78, 5) is 16.9. The maximum Gasteiger partial charge on any atom is 0.417 e. The molecule has 0 amide bonds. The van der Waals surface area contributed by atoms with E-state index < -0.39 is 33.4 Å². The molecule has 1 atom stereocenters. The number of hydrogen-bond acceptors (Lipinski definition) is 4. The number of fused-ring (bicyclic) bond motifs is 3. The summed E-state index contributed by atoms with van der Waals surface area (Å²) in [7, 11) is -1.84. The fraction of sp³-hybridized carbons (Fsp3) is 0.280. The van der Waals surface area contributed by atoms with Crippen LogP contribution in [0.15, 0.2) is 58.4 Å². The highest BCUT2D eigenvalue weighted by atomic mass is 32.2. The molecule has 0 unspecified atom stereocenters. The van der Waals surface area contributed by atoms with E-state index in [2.05, 4.69) is 4.99 Å². The van der Waals surface area contributed by atoms with Gasteiger partial charge in [-0.3, -0.25) is 9.79 Å². The molecule has 0 aliphatic carbocycles.